The molecule has 2 nitrogen and oxygen atoms in total. The van der Waals surface area contributed by atoms with Crippen molar-refractivity contribution in [3.05, 3.63) is 46.3 Å². The number of rotatable bonds is 4. The SMILES string of the molecule is C=C(C[C](C)C1OCCO1)c1ccc(Cl)cc1Cl. The van der Waals surface area contributed by atoms with Crippen LogP contribution in [0.15, 0.2) is 24.8 Å². The van der Waals surface area contributed by atoms with Crippen LogP contribution in [0.1, 0.15) is 18.9 Å². The van der Waals surface area contributed by atoms with Crippen LogP contribution in [-0.2, 0) is 9.47 Å². The van der Waals surface area contributed by atoms with E-state index in [4.69, 9.17) is 32.7 Å². The predicted molar refractivity (Wildman–Crippen MR) is 74.7 cm³/mol. The molecule has 0 saturated carbocycles. The van der Waals surface area contributed by atoms with Gasteiger partial charge in [0.05, 0.1) is 13.2 Å². The topological polar surface area (TPSA) is 18.5 Å². The first-order valence-corrected chi connectivity index (χ1v) is 6.52. The molecule has 1 aliphatic heterocycles. The van der Waals surface area contributed by atoms with Crippen LogP contribution in [0.4, 0.5) is 0 Å². The van der Waals surface area contributed by atoms with Crippen LogP contribution in [0.2, 0.25) is 10.0 Å². The third-order valence-corrected chi connectivity index (χ3v) is 3.38. The summed E-state index contributed by atoms with van der Waals surface area (Å²) >= 11 is 12.0. The van der Waals surface area contributed by atoms with E-state index >= 15 is 0 Å². The fraction of sp³-hybridized carbons (Fsp3) is 0.357. The fourth-order valence-electron chi connectivity index (χ4n) is 1.93. The molecule has 0 amide bonds. The summed E-state index contributed by atoms with van der Waals surface area (Å²) in [7, 11) is 0. The Balaban J connectivity index is 2.02. The van der Waals surface area contributed by atoms with Gasteiger partial charge in [-0.25, -0.2) is 0 Å². The second-order valence-corrected chi connectivity index (χ2v) is 5.17. The van der Waals surface area contributed by atoms with Crippen LogP contribution in [0.5, 0.6) is 0 Å². The van der Waals surface area contributed by atoms with Crippen molar-refractivity contribution in [2.45, 2.75) is 19.6 Å². The van der Waals surface area contributed by atoms with Crippen LogP contribution >= 0.6 is 23.2 Å². The molecule has 4 heteroatoms. The molecule has 1 aromatic rings. The molecular formula is C14H15Cl2O2. The average Bonchev–Trinajstić information content (AvgIpc) is 2.81. The van der Waals surface area contributed by atoms with Gasteiger partial charge in [-0.15, -0.1) is 0 Å². The minimum absolute atomic E-state index is 0.215. The molecule has 0 atom stereocenters. The van der Waals surface area contributed by atoms with E-state index in [1.807, 2.05) is 19.1 Å². The fourth-order valence-corrected chi connectivity index (χ4v) is 2.48. The van der Waals surface area contributed by atoms with Gasteiger partial charge in [-0.05, 0) is 29.7 Å². The summed E-state index contributed by atoms with van der Waals surface area (Å²) in [5.41, 5.74) is 1.85. The van der Waals surface area contributed by atoms with Crippen molar-refractivity contribution in [3.8, 4) is 0 Å². The Kier molecular flexibility index (Phi) is 4.68. The van der Waals surface area contributed by atoms with Crippen LogP contribution in [0, 0.1) is 5.92 Å². The quantitative estimate of drug-likeness (QED) is 0.818. The summed E-state index contributed by atoms with van der Waals surface area (Å²) in [5.74, 6) is 1.10. The van der Waals surface area contributed by atoms with E-state index in [1.54, 1.807) is 6.07 Å². The first-order valence-electron chi connectivity index (χ1n) is 5.76. The lowest BCUT2D eigenvalue weighted by molar-refractivity contribution is -0.0292. The first kappa shape index (κ1) is 13.9. The molecule has 18 heavy (non-hydrogen) atoms. The summed E-state index contributed by atoms with van der Waals surface area (Å²) < 4.78 is 10.9. The molecule has 0 bridgehead atoms. The molecule has 0 aliphatic carbocycles. The zero-order chi connectivity index (χ0) is 13.1. The van der Waals surface area contributed by atoms with Crippen LogP contribution in [0.25, 0.3) is 5.57 Å². The molecule has 0 N–H and O–H groups in total. The van der Waals surface area contributed by atoms with Crippen molar-refractivity contribution in [2.24, 2.45) is 0 Å². The monoisotopic (exact) mass is 285 g/mol. The molecule has 1 heterocycles. The second kappa shape index (κ2) is 6.07. The maximum Gasteiger partial charge on any atom is 0.164 e. The van der Waals surface area contributed by atoms with Crippen LogP contribution < -0.4 is 0 Å². The Morgan fingerprint density at radius 3 is 2.61 bits per heavy atom. The maximum atomic E-state index is 6.15. The molecule has 0 spiro atoms. The molecule has 1 aliphatic rings. The number of allylic oxidation sites excluding steroid dienone is 1. The molecule has 1 aromatic carbocycles. The highest BCUT2D eigenvalue weighted by molar-refractivity contribution is 6.35. The van der Waals surface area contributed by atoms with Gasteiger partial charge in [0.1, 0.15) is 0 Å². The van der Waals surface area contributed by atoms with Gasteiger partial charge in [-0.2, -0.15) is 0 Å². The zero-order valence-corrected chi connectivity index (χ0v) is 11.7. The van der Waals surface area contributed by atoms with Crippen LogP contribution in [0.3, 0.4) is 0 Å². The molecular weight excluding hydrogens is 271 g/mol. The zero-order valence-electron chi connectivity index (χ0n) is 10.2. The molecule has 1 fully saturated rings. The van der Waals surface area contributed by atoms with Gasteiger partial charge in [0, 0.05) is 16.0 Å². The largest absolute Gasteiger partial charge is 0.350 e. The highest BCUT2D eigenvalue weighted by Gasteiger charge is 2.24. The highest BCUT2D eigenvalue weighted by atomic mass is 35.5. The number of hydrogen-bond donors (Lipinski definition) is 0. The second-order valence-electron chi connectivity index (χ2n) is 4.32. The van der Waals surface area contributed by atoms with Crippen molar-refractivity contribution >= 4 is 28.8 Å². The standard InChI is InChI=1S/C14H15Cl2O2/c1-9(7-10(2)14-17-5-6-18-14)12-4-3-11(15)8-13(12)16/h3-4,8,14H,1,5-7H2,2H3. The summed E-state index contributed by atoms with van der Waals surface area (Å²) in [6.07, 6.45) is 0.485. The summed E-state index contributed by atoms with van der Waals surface area (Å²) in [6.45, 7) is 7.37. The van der Waals surface area contributed by atoms with E-state index in [0.29, 0.717) is 29.7 Å². The van der Waals surface area contributed by atoms with Gasteiger partial charge < -0.3 is 9.47 Å². The highest BCUT2D eigenvalue weighted by Crippen LogP contribution is 2.32. The van der Waals surface area contributed by atoms with Gasteiger partial charge in [-0.3, -0.25) is 0 Å². The summed E-state index contributed by atoms with van der Waals surface area (Å²) in [5, 5.41) is 1.24. The first-order chi connectivity index (χ1) is 8.58. The molecule has 0 aromatic heterocycles. The van der Waals surface area contributed by atoms with Crippen molar-refractivity contribution in [2.75, 3.05) is 13.2 Å². The Labute approximate surface area is 117 Å². The van der Waals surface area contributed by atoms with Crippen molar-refractivity contribution < 1.29 is 9.47 Å². The number of ether oxygens (including phenoxy) is 2. The lowest BCUT2D eigenvalue weighted by atomic mass is 9.96. The van der Waals surface area contributed by atoms with Crippen molar-refractivity contribution in [1.29, 1.82) is 0 Å². The molecule has 2 rings (SSSR count). The molecule has 0 unspecified atom stereocenters. The van der Waals surface area contributed by atoms with E-state index in [9.17, 15) is 0 Å². The van der Waals surface area contributed by atoms with Gasteiger partial charge in [0.25, 0.3) is 0 Å². The Morgan fingerprint density at radius 2 is 2.00 bits per heavy atom. The normalized spacial score (nSPS) is 16.4. The molecule has 97 valence electrons. The van der Waals surface area contributed by atoms with E-state index in [2.05, 4.69) is 6.58 Å². The predicted octanol–water partition coefficient (Wildman–Crippen LogP) is 4.36. The van der Waals surface area contributed by atoms with Crippen molar-refractivity contribution in [1.82, 2.24) is 0 Å². The number of benzene rings is 1. The Morgan fingerprint density at radius 1 is 1.33 bits per heavy atom. The minimum atomic E-state index is -0.215. The summed E-state index contributed by atoms with van der Waals surface area (Å²) in [6, 6.07) is 5.42. The molecule has 1 saturated heterocycles. The van der Waals surface area contributed by atoms with Crippen LogP contribution in [-0.4, -0.2) is 19.5 Å². The van der Waals surface area contributed by atoms with E-state index in [-0.39, 0.29) is 6.29 Å². The lowest BCUT2D eigenvalue weighted by Gasteiger charge is -2.18. The van der Waals surface area contributed by atoms with E-state index in [0.717, 1.165) is 17.1 Å². The third kappa shape index (κ3) is 3.27. The number of hydrogen-bond acceptors (Lipinski definition) is 2. The van der Waals surface area contributed by atoms with E-state index < -0.39 is 0 Å². The smallest absolute Gasteiger partial charge is 0.164 e. The van der Waals surface area contributed by atoms with Gasteiger partial charge >= 0.3 is 0 Å². The van der Waals surface area contributed by atoms with E-state index in [1.165, 1.54) is 0 Å². The minimum Gasteiger partial charge on any atom is -0.350 e. The Bertz CT molecular complexity index is 439. The maximum absolute atomic E-state index is 6.15. The Hall–Kier alpha value is -0.540. The average molecular weight is 286 g/mol. The summed E-state index contributed by atoms with van der Waals surface area (Å²) in [4.78, 5) is 0. The van der Waals surface area contributed by atoms with Crippen molar-refractivity contribution in [3.63, 3.8) is 0 Å². The molecule has 1 radical (unpaired) electrons. The van der Waals surface area contributed by atoms with Gasteiger partial charge in [0.15, 0.2) is 6.29 Å². The lowest BCUT2D eigenvalue weighted by Crippen LogP contribution is -2.16. The number of halogens is 2. The van der Waals surface area contributed by atoms with Gasteiger partial charge in [0.2, 0.25) is 0 Å². The third-order valence-electron chi connectivity index (χ3n) is 2.83. The van der Waals surface area contributed by atoms with Gasteiger partial charge in [-0.1, -0.05) is 42.8 Å².